The Hall–Kier alpha value is -1.95. The third-order valence-corrected chi connectivity index (χ3v) is 3.32. The average Bonchev–Trinajstić information content (AvgIpc) is 2.76. The molecular formula is C15H22N4O2. The van der Waals surface area contributed by atoms with Crippen LogP contribution in [0.3, 0.4) is 0 Å². The van der Waals surface area contributed by atoms with Crippen LogP contribution in [0.25, 0.3) is 5.65 Å². The second kappa shape index (κ2) is 5.44. The summed E-state index contributed by atoms with van der Waals surface area (Å²) < 4.78 is 1.68. The fourth-order valence-corrected chi connectivity index (χ4v) is 2.34. The van der Waals surface area contributed by atoms with Crippen LogP contribution in [-0.2, 0) is 0 Å². The van der Waals surface area contributed by atoms with Crippen molar-refractivity contribution in [2.75, 3.05) is 13.1 Å². The highest BCUT2D eigenvalue weighted by Gasteiger charge is 2.24. The van der Waals surface area contributed by atoms with E-state index in [4.69, 9.17) is 0 Å². The van der Waals surface area contributed by atoms with Crippen molar-refractivity contribution in [1.82, 2.24) is 19.5 Å². The zero-order valence-corrected chi connectivity index (χ0v) is 13.2. The van der Waals surface area contributed by atoms with Gasteiger partial charge in [-0.05, 0) is 34.6 Å². The van der Waals surface area contributed by atoms with Gasteiger partial charge in [-0.15, -0.1) is 0 Å². The lowest BCUT2D eigenvalue weighted by Crippen LogP contribution is -2.42. The first-order chi connectivity index (χ1) is 9.73. The van der Waals surface area contributed by atoms with Gasteiger partial charge < -0.3 is 10.0 Å². The molecule has 1 N–H and O–H groups in total. The van der Waals surface area contributed by atoms with E-state index in [1.54, 1.807) is 29.5 Å². The first-order valence-corrected chi connectivity index (χ1v) is 7.06. The summed E-state index contributed by atoms with van der Waals surface area (Å²) in [4.78, 5) is 18.6. The van der Waals surface area contributed by atoms with Crippen LogP contribution in [0, 0.1) is 13.8 Å². The molecule has 0 spiro atoms. The fourth-order valence-electron chi connectivity index (χ4n) is 2.34. The molecule has 0 atom stereocenters. The summed E-state index contributed by atoms with van der Waals surface area (Å²) >= 11 is 0. The summed E-state index contributed by atoms with van der Waals surface area (Å²) in [6.45, 7) is 9.82. The molecule has 0 aromatic carbocycles. The molecule has 0 unspecified atom stereocenters. The second-order valence-electron chi connectivity index (χ2n) is 5.94. The number of hydrogen-bond acceptors (Lipinski definition) is 4. The molecular weight excluding hydrogens is 268 g/mol. The lowest BCUT2D eigenvalue weighted by Gasteiger charge is -2.28. The third-order valence-electron chi connectivity index (χ3n) is 3.32. The maximum absolute atomic E-state index is 12.7. The quantitative estimate of drug-likeness (QED) is 0.928. The molecule has 0 aliphatic carbocycles. The zero-order valence-electron chi connectivity index (χ0n) is 13.2. The molecule has 21 heavy (non-hydrogen) atoms. The summed E-state index contributed by atoms with van der Waals surface area (Å²) in [7, 11) is 0. The number of amides is 1. The van der Waals surface area contributed by atoms with Gasteiger partial charge in [-0.25, -0.2) is 9.50 Å². The van der Waals surface area contributed by atoms with Gasteiger partial charge in [0.25, 0.3) is 5.91 Å². The zero-order chi connectivity index (χ0) is 15.8. The normalized spacial score (nSPS) is 11.9. The smallest absolute Gasteiger partial charge is 0.257 e. The largest absolute Gasteiger partial charge is 0.389 e. The van der Waals surface area contributed by atoms with E-state index in [2.05, 4.69) is 10.1 Å². The van der Waals surface area contributed by atoms with Crippen molar-refractivity contribution in [3.8, 4) is 0 Å². The van der Waals surface area contributed by atoms with Crippen LogP contribution in [-0.4, -0.2) is 49.2 Å². The molecule has 0 aliphatic rings. The average molecular weight is 290 g/mol. The maximum atomic E-state index is 12.7. The Bertz CT molecular complexity index is 670. The molecule has 1 amide bonds. The van der Waals surface area contributed by atoms with Crippen LogP contribution in [0.2, 0.25) is 0 Å². The molecule has 6 nitrogen and oxygen atoms in total. The number of carbonyl (C=O) groups is 1. The number of aryl methyl sites for hydroxylation is 2. The first kappa shape index (κ1) is 15.4. The van der Waals surface area contributed by atoms with Crippen LogP contribution < -0.4 is 0 Å². The molecule has 6 heteroatoms. The number of aromatic nitrogens is 3. The van der Waals surface area contributed by atoms with E-state index in [1.807, 2.05) is 26.8 Å². The van der Waals surface area contributed by atoms with Gasteiger partial charge in [-0.1, -0.05) is 0 Å². The van der Waals surface area contributed by atoms with Crippen LogP contribution in [0.4, 0.5) is 0 Å². The van der Waals surface area contributed by atoms with E-state index >= 15 is 0 Å². The van der Waals surface area contributed by atoms with E-state index in [9.17, 15) is 9.90 Å². The molecule has 0 fully saturated rings. The van der Waals surface area contributed by atoms with Crippen molar-refractivity contribution in [2.24, 2.45) is 0 Å². The molecule has 2 aromatic heterocycles. The number of rotatable bonds is 4. The van der Waals surface area contributed by atoms with Gasteiger partial charge in [0.2, 0.25) is 0 Å². The van der Waals surface area contributed by atoms with Crippen LogP contribution in [0.1, 0.15) is 42.5 Å². The molecule has 2 aromatic rings. The summed E-state index contributed by atoms with van der Waals surface area (Å²) in [6.07, 6.45) is 1.58. The third kappa shape index (κ3) is 3.21. The Morgan fingerprint density at radius 1 is 1.43 bits per heavy atom. The number of likely N-dealkylation sites (N-methyl/N-ethyl adjacent to an activating group) is 1. The lowest BCUT2D eigenvalue weighted by molar-refractivity contribution is 0.0313. The number of hydrogen-bond donors (Lipinski definition) is 1. The number of carbonyl (C=O) groups excluding carboxylic acids is 1. The van der Waals surface area contributed by atoms with Gasteiger partial charge in [0.15, 0.2) is 5.65 Å². The minimum Gasteiger partial charge on any atom is -0.389 e. The van der Waals surface area contributed by atoms with E-state index < -0.39 is 5.60 Å². The van der Waals surface area contributed by atoms with Crippen LogP contribution >= 0.6 is 0 Å². The van der Waals surface area contributed by atoms with Crippen LogP contribution in [0.15, 0.2) is 12.3 Å². The van der Waals surface area contributed by atoms with Crippen molar-refractivity contribution in [1.29, 1.82) is 0 Å². The summed E-state index contributed by atoms with van der Waals surface area (Å²) in [6, 6.07) is 1.87. The van der Waals surface area contributed by atoms with E-state index in [-0.39, 0.29) is 12.5 Å². The Balaban J connectivity index is 2.40. The monoisotopic (exact) mass is 290 g/mol. The lowest BCUT2D eigenvalue weighted by atomic mass is 10.1. The Kier molecular flexibility index (Phi) is 4.00. The van der Waals surface area contributed by atoms with Crippen molar-refractivity contribution in [3.63, 3.8) is 0 Å². The van der Waals surface area contributed by atoms with Crippen molar-refractivity contribution in [3.05, 3.63) is 29.2 Å². The predicted octanol–water partition coefficient (Wildman–Crippen LogP) is 1.58. The van der Waals surface area contributed by atoms with E-state index in [0.717, 1.165) is 17.0 Å². The fraction of sp³-hybridized carbons (Fsp3) is 0.533. The highest BCUT2D eigenvalue weighted by molar-refractivity contribution is 5.95. The molecule has 0 radical (unpaired) electrons. The Labute approximate surface area is 124 Å². The molecule has 0 saturated carbocycles. The highest BCUT2D eigenvalue weighted by atomic mass is 16.3. The van der Waals surface area contributed by atoms with Gasteiger partial charge in [0.1, 0.15) is 0 Å². The van der Waals surface area contributed by atoms with Crippen LogP contribution in [0.5, 0.6) is 0 Å². The van der Waals surface area contributed by atoms with Gasteiger partial charge in [-0.2, -0.15) is 5.10 Å². The molecule has 114 valence electrons. The Morgan fingerprint density at radius 3 is 2.67 bits per heavy atom. The second-order valence-corrected chi connectivity index (χ2v) is 5.94. The minimum atomic E-state index is -0.931. The Morgan fingerprint density at radius 2 is 2.10 bits per heavy atom. The van der Waals surface area contributed by atoms with Crippen molar-refractivity contribution >= 4 is 11.6 Å². The maximum Gasteiger partial charge on any atom is 0.257 e. The van der Waals surface area contributed by atoms with Crippen molar-refractivity contribution < 1.29 is 9.90 Å². The highest BCUT2D eigenvalue weighted by Crippen LogP contribution is 2.15. The van der Waals surface area contributed by atoms with Gasteiger partial charge in [-0.3, -0.25) is 4.79 Å². The van der Waals surface area contributed by atoms with Gasteiger partial charge in [0.05, 0.1) is 22.6 Å². The summed E-state index contributed by atoms with van der Waals surface area (Å²) in [5, 5.41) is 14.3. The van der Waals surface area contributed by atoms with Gasteiger partial charge >= 0.3 is 0 Å². The van der Waals surface area contributed by atoms with Crippen molar-refractivity contribution in [2.45, 2.75) is 40.2 Å². The standard InChI is InChI=1S/C15H22N4O2/c1-6-18(9-15(4,5)21)14(20)12-8-16-13-7-10(2)17-19(13)11(12)3/h7-8,21H,6,9H2,1-5H3. The molecule has 0 saturated heterocycles. The molecule has 2 heterocycles. The minimum absolute atomic E-state index is 0.139. The SMILES string of the molecule is CCN(CC(C)(C)O)C(=O)c1cnc2cc(C)nn2c1C. The molecule has 0 bridgehead atoms. The van der Waals surface area contributed by atoms with E-state index in [0.29, 0.717) is 12.1 Å². The molecule has 2 rings (SSSR count). The number of aliphatic hydroxyl groups is 1. The van der Waals surface area contributed by atoms with E-state index in [1.165, 1.54) is 0 Å². The van der Waals surface area contributed by atoms with Gasteiger partial charge in [0, 0.05) is 25.4 Å². The number of fused-ring (bicyclic) bond motifs is 1. The summed E-state index contributed by atoms with van der Waals surface area (Å²) in [5.41, 5.74) is 1.93. The predicted molar refractivity (Wildman–Crippen MR) is 80.3 cm³/mol. The topological polar surface area (TPSA) is 70.7 Å². The summed E-state index contributed by atoms with van der Waals surface area (Å²) in [5.74, 6) is -0.139. The number of nitrogens with zero attached hydrogens (tertiary/aromatic N) is 4. The first-order valence-electron chi connectivity index (χ1n) is 7.06. The molecule has 0 aliphatic heterocycles.